The van der Waals surface area contributed by atoms with Crippen LogP contribution in [0.2, 0.25) is 0 Å². The van der Waals surface area contributed by atoms with Gasteiger partial charge < -0.3 is 9.26 Å². The van der Waals surface area contributed by atoms with Gasteiger partial charge in [-0.2, -0.15) is 0 Å². The van der Waals surface area contributed by atoms with Crippen LogP contribution in [0.3, 0.4) is 0 Å². The SMILES string of the molecule is NC1(C2=CNI=N2)CC1. The fourth-order valence-corrected chi connectivity index (χ4v) is 2.24. The molecule has 9 heavy (non-hydrogen) atoms. The van der Waals surface area contributed by atoms with E-state index in [4.69, 9.17) is 5.73 Å². The highest BCUT2D eigenvalue weighted by Gasteiger charge is 2.43. The van der Waals surface area contributed by atoms with Crippen molar-refractivity contribution in [2.24, 2.45) is 8.88 Å². The summed E-state index contributed by atoms with van der Waals surface area (Å²) >= 11 is -0.122. The normalized spacial score (nSPS) is 28.3. The van der Waals surface area contributed by atoms with Gasteiger partial charge in [-0.15, -0.1) is 0 Å². The van der Waals surface area contributed by atoms with Crippen LogP contribution in [0.25, 0.3) is 0 Å². The van der Waals surface area contributed by atoms with Crippen LogP contribution >= 0.6 is 21.3 Å². The summed E-state index contributed by atoms with van der Waals surface area (Å²) < 4.78 is 7.42. The van der Waals surface area contributed by atoms with Crippen LogP contribution in [0.5, 0.6) is 0 Å². The standard InChI is InChI=1S/C5H8IN3/c7-5(1-2-5)4-3-8-6-9-4/h3H,1-2,7H2,(H,8,9). The molecule has 50 valence electrons. The molecule has 1 heterocycles. The number of rotatable bonds is 1. The Kier molecular flexibility index (Phi) is 1.13. The van der Waals surface area contributed by atoms with Crippen molar-refractivity contribution in [3.05, 3.63) is 11.9 Å². The Morgan fingerprint density at radius 2 is 2.56 bits per heavy atom. The molecule has 2 rings (SSSR count). The van der Waals surface area contributed by atoms with Crippen molar-refractivity contribution in [1.82, 2.24) is 3.53 Å². The number of hydrogen-bond donors (Lipinski definition) is 2. The van der Waals surface area contributed by atoms with Gasteiger partial charge in [0.25, 0.3) is 0 Å². The maximum atomic E-state index is 5.87. The predicted octanol–water partition coefficient (Wildman–Crippen LogP) is 0.992. The molecule has 0 radical (unpaired) electrons. The van der Waals surface area contributed by atoms with Gasteiger partial charge in [0.2, 0.25) is 0 Å². The summed E-state index contributed by atoms with van der Waals surface area (Å²) in [4.78, 5) is 0. The van der Waals surface area contributed by atoms with Crippen LogP contribution < -0.4 is 9.26 Å². The molecule has 0 amide bonds. The third-order valence-corrected chi connectivity index (χ3v) is 3.02. The number of nitrogens with two attached hydrogens (primary N) is 1. The molecule has 1 fully saturated rings. The molecule has 0 saturated heterocycles. The van der Waals surface area contributed by atoms with Crippen molar-refractivity contribution in [3.63, 3.8) is 0 Å². The van der Waals surface area contributed by atoms with E-state index in [0.717, 1.165) is 18.5 Å². The first-order valence-corrected chi connectivity index (χ1v) is 4.95. The van der Waals surface area contributed by atoms with Gasteiger partial charge in [-0.1, -0.05) is 0 Å². The van der Waals surface area contributed by atoms with Crippen molar-refractivity contribution >= 4 is 21.3 Å². The Morgan fingerprint density at radius 3 is 3.00 bits per heavy atom. The maximum absolute atomic E-state index is 5.87. The molecule has 0 atom stereocenters. The second kappa shape index (κ2) is 1.76. The lowest BCUT2D eigenvalue weighted by atomic mass is 10.2. The second-order valence-electron chi connectivity index (χ2n) is 2.46. The first-order chi connectivity index (χ1) is 4.31. The lowest BCUT2D eigenvalue weighted by molar-refractivity contribution is 0.785. The van der Waals surface area contributed by atoms with Crippen LogP contribution in [0, 0.1) is 0 Å². The number of halogens is 1. The Morgan fingerprint density at radius 1 is 1.78 bits per heavy atom. The number of hydrogen-bond acceptors (Lipinski definition) is 3. The maximum Gasteiger partial charge on any atom is 0.117 e. The van der Waals surface area contributed by atoms with Gasteiger partial charge in [0.15, 0.2) is 0 Å². The average molecular weight is 237 g/mol. The van der Waals surface area contributed by atoms with E-state index in [2.05, 4.69) is 6.68 Å². The van der Waals surface area contributed by atoms with Gasteiger partial charge >= 0.3 is 0 Å². The van der Waals surface area contributed by atoms with Gasteiger partial charge in [0.05, 0.1) is 11.2 Å². The minimum Gasteiger partial charge on any atom is -0.324 e. The third kappa shape index (κ3) is 0.898. The number of nitrogens with one attached hydrogen (secondary N) is 1. The van der Waals surface area contributed by atoms with E-state index < -0.39 is 0 Å². The van der Waals surface area contributed by atoms with E-state index in [9.17, 15) is 0 Å². The molecular weight excluding hydrogens is 229 g/mol. The summed E-state index contributed by atoms with van der Waals surface area (Å²) in [6.07, 6.45) is 4.21. The van der Waals surface area contributed by atoms with E-state index in [1.165, 1.54) is 0 Å². The molecule has 1 aliphatic heterocycles. The highest BCUT2D eigenvalue weighted by Crippen LogP contribution is 2.41. The Hall–Kier alpha value is 0.0300. The summed E-state index contributed by atoms with van der Waals surface area (Å²) in [7, 11) is 0. The largest absolute Gasteiger partial charge is 0.324 e. The van der Waals surface area contributed by atoms with Gasteiger partial charge in [-0.3, -0.25) is 0 Å². The summed E-state index contributed by atoms with van der Waals surface area (Å²) in [5, 5.41) is 0. The van der Waals surface area contributed by atoms with E-state index in [-0.39, 0.29) is 26.8 Å². The Balaban J connectivity index is 2.22. The zero-order valence-electron chi connectivity index (χ0n) is 4.89. The van der Waals surface area contributed by atoms with Crippen molar-refractivity contribution < 1.29 is 0 Å². The molecule has 4 heteroatoms. The van der Waals surface area contributed by atoms with Crippen molar-refractivity contribution in [2.45, 2.75) is 18.4 Å². The van der Waals surface area contributed by atoms with Crippen molar-refractivity contribution in [1.29, 1.82) is 0 Å². The predicted molar refractivity (Wildman–Crippen MR) is 43.8 cm³/mol. The van der Waals surface area contributed by atoms with E-state index in [1.807, 2.05) is 6.20 Å². The fraction of sp³-hybridized carbons (Fsp3) is 0.600. The topological polar surface area (TPSA) is 50.4 Å². The summed E-state index contributed by atoms with van der Waals surface area (Å²) in [6, 6.07) is 0. The summed E-state index contributed by atoms with van der Waals surface area (Å²) in [5.41, 5.74) is 6.96. The van der Waals surface area contributed by atoms with Crippen molar-refractivity contribution in [3.8, 4) is 0 Å². The minimum atomic E-state index is -0.122. The van der Waals surface area contributed by atoms with Gasteiger partial charge in [-0.05, 0) is 12.8 Å². The molecule has 1 aliphatic carbocycles. The van der Waals surface area contributed by atoms with Crippen LogP contribution in [-0.4, -0.2) is 5.54 Å². The van der Waals surface area contributed by atoms with E-state index in [1.54, 1.807) is 0 Å². The molecule has 0 aromatic carbocycles. The van der Waals surface area contributed by atoms with E-state index >= 15 is 0 Å². The van der Waals surface area contributed by atoms with E-state index in [0.29, 0.717) is 0 Å². The van der Waals surface area contributed by atoms with Gasteiger partial charge in [0, 0.05) is 6.20 Å². The van der Waals surface area contributed by atoms with Gasteiger partial charge in [0.1, 0.15) is 21.3 Å². The van der Waals surface area contributed by atoms with Crippen molar-refractivity contribution in [2.75, 3.05) is 0 Å². The Labute approximate surface area is 64.2 Å². The van der Waals surface area contributed by atoms with Crippen LogP contribution in [0.1, 0.15) is 12.8 Å². The monoisotopic (exact) mass is 237 g/mol. The smallest absolute Gasteiger partial charge is 0.117 e. The summed E-state index contributed by atoms with van der Waals surface area (Å²) in [6.45, 7) is 0. The van der Waals surface area contributed by atoms with Crippen LogP contribution in [-0.2, 0) is 0 Å². The lowest BCUT2D eigenvalue weighted by Crippen LogP contribution is -2.22. The van der Waals surface area contributed by atoms with Crippen LogP contribution in [0.15, 0.2) is 15.0 Å². The molecule has 0 aromatic rings. The molecule has 0 spiro atoms. The molecule has 3 N–H and O–H groups in total. The number of nitrogens with zero attached hydrogens (tertiary/aromatic N) is 1. The molecule has 0 aromatic heterocycles. The molecule has 1 saturated carbocycles. The molecule has 0 bridgehead atoms. The molecule has 3 nitrogen and oxygen atoms in total. The first kappa shape index (κ1) is 5.79. The summed E-state index contributed by atoms with van der Waals surface area (Å²) in [5.74, 6) is 0. The first-order valence-electron chi connectivity index (χ1n) is 2.90. The second-order valence-corrected chi connectivity index (χ2v) is 4.05. The average Bonchev–Trinajstić information content (AvgIpc) is 2.46. The lowest BCUT2D eigenvalue weighted by Gasteiger charge is -2.02. The Bertz CT molecular complexity index is 192. The fourth-order valence-electron chi connectivity index (χ4n) is 0.789. The minimum absolute atomic E-state index is 0.0107. The molecule has 0 unspecified atom stereocenters. The quantitative estimate of drug-likeness (QED) is 0.527. The third-order valence-electron chi connectivity index (χ3n) is 1.67. The highest BCUT2D eigenvalue weighted by molar-refractivity contribution is 14.1. The zero-order valence-corrected chi connectivity index (χ0v) is 7.05. The zero-order chi connectivity index (χ0) is 6.32. The van der Waals surface area contributed by atoms with Crippen LogP contribution in [0.4, 0.5) is 0 Å². The highest BCUT2D eigenvalue weighted by atomic mass is 127. The molecular formula is C5H8IN3. The molecule has 2 aliphatic rings. The van der Waals surface area contributed by atoms with Gasteiger partial charge in [-0.25, -0.2) is 3.15 Å².